The lowest BCUT2D eigenvalue weighted by molar-refractivity contribution is -0.133. The minimum atomic E-state index is 0.210. The second-order valence-corrected chi connectivity index (χ2v) is 6.30. The van der Waals surface area contributed by atoms with Gasteiger partial charge in [0.2, 0.25) is 11.8 Å². The number of fused-ring (bicyclic) bond motifs is 1. The van der Waals surface area contributed by atoms with Crippen LogP contribution in [0.5, 0.6) is 0 Å². The number of aromatic nitrogens is 1. The van der Waals surface area contributed by atoms with Crippen molar-refractivity contribution < 1.29 is 9.21 Å². The van der Waals surface area contributed by atoms with Gasteiger partial charge < -0.3 is 9.32 Å². The van der Waals surface area contributed by atoms with Crippen molar-refractivity contribution in [2.24, 2.45) is 0 Å². The lowest BCUT2D eigenvalue weighted by Gasteiger charge is -2.27. The number of oxazole rings is 1. The van der Waals surface area contributed by atoms with Gasteiger partial charge in [0.25, 0.3) is 0 Å². The van der Waals surface area contributed by atoms with Crippen molar-refractivity contribution in [1.82, 2.24) is 14.8 Å². The van der Waals surface area contributed by atoms with Crippen molar-refractivity contribution >= 4 is 5.91 Å². The highest BCUT2D eigenvalue weighted by atomic mass is 16.4. The SMILES string of the molecule is O=C(CN1CCCC1)N1CCc2oc(-c3ccccc3)nc2C1. The average Bonchev–Trinajstić information content (AvgIpc) is 3.24. The standard InChI is InChI=1S/C18H21N3O2/c22-17(13-20-9-4-5-10-20)21-11-8-16-15(12-21)19-18(23-16)14-6-2-1-3-7-14/h1-3,6-7H,4-5,8-13H2. The molecule has 2 aliphatic rings. The van der Waals surface area contributed by atoms with Gasteiger partial charge in [-0.2, -0.15) is 0 Å². The fourth-order valence-electron chi connectivity index (χ4n) is 3.35. The maximum Gasteiger partial charge on any atom is 0.237 e. The molecule has 0 atom stereocenters. The van der Waals surface area contributed by atoms with Crippen LogP contribution in [-0.2, 0) is 17.8 Å². The molecule has 0 unspecified atom stereocenters. The molecular weight excluding hydrogens is 290 g/mol. The Morgan fingerprint density at radius 2 is 1.91 bits per heavy atom. The number of carbonyl (C=O) groups excluding carboxylic acids is 1. The summed E-state index contributed by atoms with van der Waals surface area (Å²) in [6.45, 7) is 3.93. The minimum absolute atomic E-state index is 0.210. The van der Waals surface area contributed by atoms with Crippen LogP contribution in [0.25, 0.3) is 11.5 Å². The molecule has 2 aliphatic heterocycles. The first kappa shape index (κ1) is 14.5. The maximum atomic E-state index is 12.5. The number of likely N-dealkylation sites (tertiary alicyclic amines) is 1. The first-order valence-electron chi connectivity index (χ1n) is 8.34. The highest BCUT2D eigenvalue weighted by Gasteiger charge is 2.27. The summed E-state index contributed by atoms with van der Waals surface area (Å²) in [5.74, 6) is 1.79. The third-order valence-corrected chi connectivity index (χ3v) is 4.66. The van der Waals surface area contributed by atoms with E-state index in [1.54, 1.807) is 0 Å². The van der Waals surface area contributed by atoms with E-state index in [2.05, 4.69) is 9.88 Å². The van der Waals surface area contributed by atoms with E-state index in [4.69, 9.17) is 4.42 Å². The fraction of sp³-hybridized carbons (Fsp3) is 0.444. The van der Waals surface area contributed by atoms with Gasteiger partial charge in [0.05, 0.1) is 13.1 Å². The van der Waals surface area contributed by atoms with Gasteiger partial charge in [-0.05, 0) is 38.1 Å². The van der Waals surface area contributed by atoms with E-state index in [0.717, 1.165) is 43.1 Å². The predicted molar refractivity (Wildman–Crippen MR) is 86.7 cm³/mol. The molecule has 0 saturated carbocycles. The van der Waals surface area contributed by atoms with Crippen molar-refractivity contribution in [3.63, 3.8) is 0 Å². The van der Waals surface area contributed by atoms with E-state index in [1.165, 1.54) is 12.8 Å². The molecule has 23 heavy (non-hydrogen) atoms. The Kier molecular flexibility index (Phi) is 3.87. The van der Waals surface area contributed by atoms with Gasteiger partial charge in [-0.1, -0.05) is 18.2 Å². The molecule has 120 valence electrons. The van der Waals surface area contributed by atoms with Gasteiger partial charge in [0.1, 0.15) is 11.5 Å². The minimum Gasteiger partial charge on any atom is -0.441 e. The third-order valence-electron chi connectivity index (χ3n) is 4.66. The molecule has 0 aliphatic carbocycles. The van der Waals surface area contributed by atoms with E-state index in [-0.39, 0.29) is 5.91 Å². The van der Waals surface area contributed by atoms with Crippen molar-refractivity contribution in [3.8, 4) is 11.5 Å². The quantitative estimate of drug-likeness (QED) is 0.873. The van der Waals surface area contributed by atoms with Crippen molar-refractivity contribution in [2.75, 3.05) is 26.2 Å². The van der Waals surface area contributed by atoms with Crippen molar-refractivity contribution in [2.45, 2.75) is 25.8 Å². The van der Waals surface area contributed by atoms with Gasteiger partial charge in [-0.25, -0.2) is 4.98 Å². The molecule has 1 aromatic carbocycles. The summed E-state index contributed by atoms with van der Waals surface area (Å²) in [5, 5.41) is 0. The highest BCUT2D eigenvalue weighted by molar-refractivity contribution is 5.78. The Bertz CT molecular complexity index is 690. The molecule has 0 spiro atoms. The Morgan fingerprint density at radius 1 is 1.13 bits per heavy atom. The number of carbonyl (C=O) groups is 1. The second-order valence-electron chi connectivity index (χ2n) is 6.30. The smallest absolute Gasteiger partial charge is 0.237 e. The zero-order valence-corrected chi connectivity index (χ0v) is 13.2. The number of hydrogen-bond donors (Lipinski definition) is 0. The molecular formula is C18H21N3O2. The van der Waals surface area contributed by atoms with Gasteiger partial charge in [0.15, 0.2) is 0 Å². The second kappa shape index (κ2) is 6.16. The van der Waals surface area contributed by atoms with E-state index in [9.17, 15) is 4.79 Å². The lowest BCUT2D eigenvalue weighted by atomic mass is 10.1. The Morgan fingerprint density at radius 3 is 2.70 bits per heavy atom. The molecule has 4 rings (SSSR count). The van der Waals surface area contributed by atoms with Crippen LogP contribution in [0.2, 0.25) is 0 Å². The molecule has 5 heteroatoms. The van der Waals surface area contributed by atoms with Crippen LogP contribution in [0.15, 0.2) is 34.7 Å². The fourth-order valence-corrected chi connectivity index (χ4v) is 3.35. The molecule has 1 amide bonds. The number of benzene rings is 1. The molecule has 0 radical (unpaired) electrons. The number of rotatable bonds is 3. The number of hydrogen-bond acceptors (Lipinski definition) is 4. The monoisotopic (exact) mass is 311 g/mol. The summed E-state index contributed by atoms with van der Waals surface area (Å²) in [6.07, 6.45) is 3.17. The summed E-state index contributed by atoms with van der Waals surface area (Å²) < 4.78 is 5.89. The van der Waals surface area contributed by atoms with E-state index in [0.29, 0.717) is 19.0 Å². The summed E-state index contributed by atoms with van der Waals surface area (Å²) >= 11 is 0. The van der Waals surface area contributed by atoms with E-state index in [1.807, 2.05) is 35.2 Å². The molecule has 0 bridgehead atoms. The van der Waals surface area contributed by atoms with Crippen LogP contribution in [0.3, 0.4) is 0 Å². The van der Waals surface area contributed by atoms with Crippen LogP contribution >= 0.6 is 0 Å². The molecule has 1 fully saturated rings. The maximum absolute atomic E-state index is 12.5. The van der Waals surface area contributed by atoms with Crippen molar-refractivity contribution in [1.29, 1.82) is 0 Å². The van der Waals surface area contributed by atoms with Crippen LogP contribution < -0.4 is 0 Å². The van der Waals surface area contributed by atoms with E-state index >= 15 is 0 Å². The van der Waals surface area contributed by atoms with Crippen LogP contribution in [0, 0.1) is 0 Å². The van der Waals surface area contributed by atoms with Gasteiger partial charge >= 0.3 is 0 Å². The average molecular weight is 311 g/mol. The molecule has 1 saturated heterocycles. The Balaban J connectivity index is 1.46. The Labute approximate surface area is 135 Å². The summed E-state index contributed by atoms with van der Waals surface area (Å²) in [4.78, 5) is 21.2. The summed E-state index contributed by atoms with van der Waals surface area (Å²) in [6, 6.07) is 9.92. The molecule has 5 nitrogen and oxygen atoms in total. The summed E-state index contributed by atoms with van der Waals surface area (Å²) in [5.41, 5.74) is 1.89. The first-order valence-corrected chi connectivity index (χ1v) is 8.34. The molecule has 1 aromatic heterocycles. The topological polar surface area (TPSA) is 49.6 Å². The Hall–Kier alpha value is -2.14. The molecule has 0 N–H and O–H groups in total. The number of amides is 1. The zero-order chi connectivity index (χ0) is 15.6. The lowest BCUT2D eigenvalue weighted by Crippen LogP contribution is -2.41. The van der Waals surface area contributed by atoms with Crippen LogP contribution in [-0.4, -0.2) is 46.9 Å². The van der Waals surface area contributed by atoms with E-state index < -0.39 is 0 Å². The highest BCUT2D eigenvalue weighted by Crippen LogP contribution is 2.26. The van der Waals surface area contributed by atoms with Crippen LogP contribution in [0.4, 0.5) is 0 Å². The third kappa shape index (κ3) is 3.01. The molecule has 3 heterocycles. The zero-order valence-electron chi connectivity index (χ0n) is 13.2. The van der Waals surface area contributed by atoms with Gasteiger partial charge in [0, 0.05) is 18.5 Å². The first-order chi connectivity index (χ1) is 11.3. The van der Waals surface area contributed by atoms with Gasteiger partial charge in [-0.15, -0.1) is 0 Å². The predicted octanol–water partition coefficient (Wildman–Crippen LogP) is 2.32. The largest absolute Gasteiger partial charge is 0.441 e. The summed E-state index contributed by atoms with van der Waals surface area (Å²) in [7, 11) is 0. The normalized spacial score (nSPS) is 18.2. The van der Waals surface area contributed by atoms with Gasteiger partial charge in [-0.3, -0.25) is 9.69 Å². The van der Waals surface area contributed by atoms with Crippen LogP contribution in [0.1, 0.15) is 24.3 Å². The van der Waals surface area contributed by atoms with Crippen molar-refractivity contribution in [3.05, 3.63) is 41.8 Å². The molecule has 2 aromatic rings. The number of nitrogens with zero attached hydrogens (tertiary/aromatic N) is 3.